The van der Waals surface area contributed by atoms with E-state index in [9.17, 15) is 18.0 Å². The Hall–Kier alpha value is -1.76. The van der Waals surface area contributed by atoms with Gasteiger partial charge in [0.2, 0.25) is 0 Å². The van der Waals surface area contributed by atoms with E-state index in [2.05, 4.69) is 16.0 Å². The van der Waals surface area contributed by atoms with Crippen molar-refractivity contribution in [2.75, 3.05) is 18.4 Å². The predicted molar refractivity (Wildman–Crippen MR) is 64.9 cm³/mol. The van der Waals surface area contributed by atoms with Crippen LogP contribution >= 0.6 is 0 Å². The van der Waals surface area contributed by atoms with Gasteiger partial charge >= 0.3 is 12.2 Å². The Labute approximate surface area is 108 Å². The molecule has 0 spiro atoms. The van der Waals surface area contributed by atoms with Gasteiger partial charge in [0.1, 0.15) is 0 Å². The van der Waals surface area contributed by atoms with E-state index in [0.717, 1.165) is 25.1 Å². The highest BCUT2D eigenvalue weighted by Crippen LogP contribution is 2.30. The van der Waals surface area contributed by atoms with Crippen LogP contribution in [0.15, 0.2) is 24.3 Å². The van der Waals surface area contributed by atoms with Crippen LogP contribution in [-0.2, 0) is 6.18 Å². The van der Waals surface area contributed by atoms with Crippen molar-refractivity contribution in [3.05, 3.63) is 29.8 Å². The van der Waals surface area contributed by atoms with Crippen molar-refractivity contribution in [3.63, 3.8) is 0 Å². The van der Waals surface area contributed by atoms with Gasteiger partial charge in [-0.15, -0.1) is 0 Å². The number of hydrogen-bond donors (Lipinski definition) is 3. The first-order valence-corrected chi connectivity index (χ1v) is 5.90. The first-order chi connectivity index (χ1) is 8.95. The van der Waals surface area contributed by atoms with E-state index in [1.807, 2.05) is 0 Å². The molecule has 0 aromatic heterocycles. The Morgan fingerprint density at radius 1 is 1.37 bits per heavy atom. The fourth-order valence-corrected chi connectivity index (χ4v) is 1.90. The number of halogens is 3. The van der Waals surface area contributed by atoms with Gasteiger partial charge in [-0.1, -0.05) is 6.07 Å². The summed E-state index contributed by atoms with van der Waals surface area (Å²) in [6.45, 7) is 1.50. The van der Waals surface area contributed by atoms with Crippen LogP contribution in [0.3, 0.4) is 0 Å². The first kappa shape index (κ1) is 13.7. The Morgan fingerprint density at radius 2 is 2.16 bits per heavy atom. The second-order valence-corrected chi connectivity index (χ2v) is 4.37. The van der Waals surface area contributed by atoms with Crippen LogP contribution in [0.5, 0.6) is 0 Å². The van der Waals surface area contributed by atoms with Gasteiger partial charge in [-0.3, -0.25) is 0 Å². The summed E-state index contributed by atoms with van der Waals surface area (Å²) in [7, 11) is 0. The molecule has 0 aliphatic carbocycles. The summed E-state index contributed by atoms with van der Waals surface area (Å²) in [4.78, 5) is 11.6. The number of carbonyl (C=O) groups excluding carboxylic acids is 1. The minimum Gasteiger partial charge on any atom is -0.334 e. The van der Waals surface area contributed by atoms with Crippen molar-refractivity contribution in [1.29, 1.82) is 0 Å². The minimum atomic E-state index is -4.41. The van der Waals surface area contributed by atoms with Crippen molar-refractivity contribution in [2.24, 2.45) is 0 Å². The fraction of sp³-hybridized carbons (Fsp3) is 0.417. The van der Waals surface area contributed by atoms with E-state index in [4.69, 9.17) is 0 Å². The number of nitrogens with one attached hydrogen (secondary N) is 3. The van der Waals surface area contributed by atoms with Crippen LogP contribution in [-0.4, -0.2) is 25.2 Å². The van der Waals surface area contributed by atoms with Gasteiger partial charge in [0.05, 0.1) is 5.56 Å². The number of alkyl halides is 3. The zero-order valence-electron chi connectivity index (χ0n) is 10.1. The van der Waals surface area contributed by atoms with Gasteiger partial charge in [-0.25, -0.2) is 4.79 Å². The third kappa shape index (κ3) is 3.85. The predicted octanol–water partition coefficient (Wildman–Crippen LogP) is 2.19. The molecule has 7 heteroatoms. The highest BCUT2D eigenvalue weighted by atomic mass is 19.4. The minimum absolute atomic E-state index is 0.0193. The summed E-state index contributed by atoms with van der Waals surface area (Å²) >= 11 is 0. The van der Waals surface area contributed by atoms with E-state index >= 15 is 0 Å². The third-order valence-corrected chi connectivity index (χ3v) is 2.84. The maximum atomic E-state index is 12.5. The molecular formula is C12H14F3N3O. The Balaban J connectivity index is 1.96. The molecule has 1 heterocycles. The first-order valence-electron chi connectivity index (χ1n) is 5.90. The highest BCUT2D eigenvalue weighted by Gasteiger charge is 2.30. The third-order valence-electron chi connectivity index (χ3n) is 2.84. The molecule has 0 bridgehead atoms. The molecule has 1 fully saturated rings. The Bertz CT molecular complexity index is 456. The average molecular weight is 273 g/mol. The van der Waals surface area contributed by atoms with Gasteiger partial charge in [0.15, 0.2) is 0 Å². The Kier molecular flexibility index (Phi) is 3.94. The molecule has 1 aromatic carbocycles. The van der Waals surface area contributed by atoms with Gasteiger partial charge in [0.25, 0.3) is 0 Å². The summed E-state index contributed by atoms with van der Waals surface area (Å²) in [5, 5.41) is 8.17. The van der Waals surface area contributed by atoms with Crippen molar-refractivity contribution in [1.82, 2.24) is 10.6 Å². The van der Waals surface area contributed by atoms with E-state index in [1.165, 1.54) is 12.1 Å². The lowest BCUT2D eigenvalue weighted by atomic mass is 10.2. The normalized spacial score (nSPS) is 19.2. The molecule has 1 aromatic rings. The van der Waals surface area contributed by atoms with E-state index in [1.54, 1.807) is 0 Å². The number of anilines is 1. The van der Waals surface area contributed by atoms with Crippen molar-refractivity contribution >= 4 is 11.7 Å². The quantitative estimate of drug-likeness (QED) is 0.773. The zero-order chi connectivity index (χ0) is 13.9. The largest absolute Gasteiger partial charge is 0.416 e. The second-order valence-electron chi connectivity index (χ2n) is 4.37. The molecule has 3 N–H and O–H groups in total. The van der Waals surface area contributed by atoms with Gasteiger partial charge in [-0.2, -0.15) is 13.2 Å². The van der Waals surface area contributed by atoms with Crippen molar-refractivity contribution in [2.45, 2.75) is 18.6 Å². The van der Waals surface area contributed by atoms with Crippen LogP contribution in [0, 0.1) is 0 Å². The number of carbonyl (C=O) groups is 1. The summed E-state index contributed by atoms with van der Waals surface area (Å²) in [6.07, 6.45) is -3.60. The number of rotatable bonds is 2. The summed E-state index contributed by atoms with van der Waals surface area (Å²) in [5.74, 6) is 0. The molecule has 104 valence electrons. The maximum Gasteiger partial charge on any atom is 0.416 e. The average Bonchev–Trinajstić information content (AvgIpc) is 2.80. The lowest BCUT2D eigenvalue weighted by molar-refractivity contribution is -0.137. The van der Waals surface area contributed by atoms with Crippen LogP contribution in [0.25, 0.3) is 0 Å². The number of urea groups is 1. The van der Waals surface area contributed by atoms with Crippen LogP contribution in [0.2, 0.25) is 0 Å². The maximum absolute atomic E-state index is 12.5. The number of amides is 2. The molecular weight excluding hydrogens is 259 g/mol. The molecule has 4 nitrogen and oxygen atoms in total. The monoisotopic (exact) mass is 273 g/mol. The topological polar surface area (TPSA) is 53.2 Å². The fourth-order valence-electron chi connectivity index (χ4n) is 1.90. The molecule has 1 aliphatic heterocycles. The molecule has 0 radical (unpaired) electrons. The summed E-state index contributed by atoms with van der Waals surface area (Å²) < 4.78 is 37.5. The number of hydrogen-bond acceptors (Lipinski definition) is 2. The Morgan fingerprint density at radius 3 is 2.79 bits per heavy atom. The molecule has 0 unspecified atom stereocenters. The lowest BCUT2D eigenvalue weighted by Crippen LogP contribution is -2.39. The van der Waals surface area contributed by atoms with Gasteiger partial charge < -0.3 is 16.0 Å². The molecule has 1 atom stereocenters. The molecule has 2 rings (SSSR count). The van der Waals surface area contributed by atoms with Crippen LogP contribution in [0.1, 0.15) is 12.0 Å². The summed E-state index contributed by atoms with van der Waals surface area (Å²) in [5.41, 5.74) is -0.661. The van der Waals surface area contributed by atoms with Crippen LogP contribution in [0.4, 0.5) is 23.7 Å². The number of benzene rings is 1. The highest BCUT2D eigenvalue weighted by molar-refractivity contribution is 5.89. The molecule has 0 saturated carbocycles. The van der Waals surface area contributed by atoms with Crippen LogP contribution < -0.4 is 16.0 Å². The zero-order valence-corrected chi connectivity index (χ0v) is 10.1. The second kappa shape index (κ2) is 5.48. The van der Waals surface area contributed by atoms with Gasteiger partial charge in [0, 0.05) is 18.3 Å². The van der Waals surface area contributed by atoms with Crippen molar-refractivity contribution < 1.29 is 18.0 Å². The standard InChI is InChI=1S/C12H14F3N3O/c13-12(14,15)8-2-1-3-9(6-8)17-11(19)18-10-4-5-16-7-10/h1-3,6,10,16H,4-5,7H2,(H2,17,18,19)/t10-/m0/s1. The molecule has 1 aliphatic rings. The SMILES string of the molecule is O=C(Nc1cccc(C(F)(F)F)c1)N[C@H]1CCNC1. The molecule has 1 saturated heterocycles. The van der Waals surface area contributed by atoms with Gasteiger partial charge in [-0.05, 0) is 31.2 Å². The van der Waals surface area contributed by atoms with Crippen molar-refractivity contribution in [3.8, 4) is 0 Å². The van der Waals surface area contributed by atoms with E-state index in [-0.39, 0.29) is 11.7 Å². The smallest absolute Gasteiger partial charge is 0.334 e. The lowest BCUT2D eigenvalue weighted by Gasteiger charge is -2.13. The summed E-state index contributed by atoms with van der Waals surface area (Å²) in [6, 6.07) is 4.08. The molecule has 2 amide bonds. The molecule has 19 heavy (non-hydrogen) atoms. The van der Waals surface area contributed by atoms with E-state index in [0.29, 0.717) is 6.54 Å². The van der Waals surface area contributed by atoms with E-state index < -0.39 is 17.8 Å².